The van der Waals surface area contributed by atoms with Crippen LogP contribution in [0.5, 0.6) is 0 Å². The summed E-state index contributed by atoms with van der Waals surface area (Å²) in [5.74, 6) is -112. The second kappa shape index (κ2) is 11.7. The molecule has 0 aliphatic heterocycles. The summed E-state index contributed by atoms with van der Waals surface area (Å²) in [4.78, 5) is 11.0. The van der Waals surface area contributed by atoms with Gasteiger partial charge in [0.25, 0.3) is 0 Å². The maximum absolute atomic E-state index is 13.8. The second-order valence-electron chi connectivity index (χ2n) is 9.19. The van der Waals surface area contributed by atoms with Crippen LogP contribution >= 0.6 is 0 Å². The van der Waals surface area contributed by atoms with Crippen molar-refractivity contribution in [1.82, 2.24) is 0 Å². The van der Waals surface area contributed by atoms with Crippen LogP contribution in [0.4, 0.5) is 119 Å². The zero-order valence-electron chi connectivity index (χ0n) is 21.6. The fourth-order valence-corrected chi connectivity index (χ4v) is 2.73. The molecule has 0 N–H and O–H groups in total. The molecule has 0 unspecified atom stereocenters. The van der Waals surface area contributed by atoms with Crippen molar-refractivity contribution < 1.29 is 128 Å². The molecule has 0 rings (SSSR count). The van der Waals surface area contributed by atoms with Crippen LogP contribution in [0.15, 0.2) is 12.2 Å². The first-order valence-corrected chi connectivity index (χ1v) is 10.8. The molecule has 0 aromatic heterocycles. The number of carbonyl (C=O) groups is 1. The smallest absolute Gasteiger partial charge is 0.460 e. The molecular weight excluding hydrogens is 773 g/mol. The van der Waals surface area contributed by atoms with Gasteiger partial charge in [-0.3, -0.25) is 0 Å². The van der Waals surface area contributed by atoms with E-state index in [0.29, 0.717) is 6.92 Å². The molecule has 0 amide bonds. The van der Waals surface area contributed by atoms with E-state index in [-0.39, 0.29) is 0 Å². The highest BCUT2D eigenvalue weighted by atomic mass is 19.4. The third-order valence-electron chi connectivity index (χ3n) is 5.76. The van der Waals surface area contributed by atoms with E-state index in [0.717, 1.165) is 0 Å². The summed E-state index contributed by atoms with van der Waals surface area (Å²) in [6.07, 6.45) is -11.4. The van der Waals surface area contributed by atoms with Crippen molar-refractivity contribution in [2.24, 2.45) is 0 Å². The van der Waals surface area contributed by atoms with E-state index in [1.807, 2.05) is 0 Å². The largest absolute Gasteiger partial charge is 0.462 e. The monoisotopic (exact) mass is 782 g/mol. The molecule has 0 atom stereocenters. The number of halogens is 27. The first-order chi connectivity index (χ1) is 20.3. The van der Waals surface area contributed by atoms with Crippen LogP contribution in [-0.4, -0.2) is 89.8 Å². The van der Waals surface area contributed by atoms with Gasteiger partial charge >= 0.3 is 83.2 Å². The van der Waals surface area contributed by atoms with Crippen molar-refractivity contribution in [3.8, 4) is 0 Å². The topological polar surface area (TPSA) is 26.3 Å². The third kappa shape index (κ3) is 5.73. The van der Waals surface area contributed by atoms with Gasteiger partial charge < -0.3 is 4.74 Å². The lowest BCUT2D eigenvalue weighted by molar-refractivity contribution is -0.485. The van der Waals surface area contributed by atoms with Crippen LogP contribution in [0.2, 0.25) is 0 Å². The molecule has 0 aromatic rings. The van der Waals surface area contributed by atoms with E-state index in [4.69, 9.17) is 0 Å². The first kappa shape index (κ1) is 45.3. The van der Waals surface area contributed by atoms with Crippen molar-refractivity contribution in [3.63, 3.8) is 0 Å². The second-order valence-corrected chi connectivity index (χ2v) is 9.19. The van der Waals surface area contributed by atoms with Crippen LogP contribution in [0, 0.1) is 0 Å². The van der Waals surface area contributed by atoms with Gasteiger partial charge in [-0.1, -0.05) is 6.58 Å². The van der Waals surface area contributed by atoms with Gasteiger partial charge in [-0.05, 0) is 6.92 Å². The molecule has 286 valence electrons. The fraction of sp³-hybridized carbons (Fsp3) is 0.842. The normalized spacial score (nSPS) is 16.2. The number of rotatable bonds is 15. The van der Waals surface area contributed by atoms with E-state index in [9.17, 15) is 123 Å². The molecule has 0 radical (unpaired) electrons. The van der Waals surface area contributed by atoms with Gasteiger partial charge in [-0.25, -0.2) is 4.79 Å². The first-order valence-electron chi connectivity index (χ1n) is 10.8. The Morgan fingerprint density at radius 3 is 0.833 bits per heavy atom. The van der Waals surface area contributed by atoms with Crippen LogP contribution in [0.3, 0.4) is 0 Å². The van der Waals surface area contributed by atoms with Crippen LogP contribution in [0.1, 0.15) is 13.3 Å². The van der Waals surface area contributed by atoms with Gasteiger partial charge in [-0.2, -0.15) is 119 Å². The lowest BCUT2D eigenvalue weighted by atomic mass is 9.83. The van der Waals surface area contributed by atoms with Gasteiger partial charge in [0.05, 0.1) is 13.0 Å². The summed E-state index contributed by atoms with van der Waals surface area (Å²) in [7, 11) is 0. The van der Waals surface area contributed by atoms with Crippen molar-refractivity contribution in [2.45, 2.75) is 90.6 Å². The summed E-state index contributed by atoms with van der Waals surface area (Å²) in [5, 5.41) is 0. The third-order valence-corrected chi connectivity index (χ3v) is 5.76. The van der Waals surface area contributed by atoms with Crippen molar-refractivity contribution >= 4 is 5.97 Å². The lowest BCUT2D eigenvalue weighted by Crippen LogP contribution is -2.78. The minimum absolute atomic E-state index is 0.686. The molecule has 0 aliphatic carbocycles. The van der Waals surface area contributed by atoms with Gasteiger partial charge in [0.2, 0.25) is 0 Å². The Morgan fingerprint density at radius 1 is 0.417 bits per heavy atom. The molecule has 0 aromatic carbocycles. The van der Waals surface area contributed by atoms with E-state index < -0.39 is 102 Å². The highest BCUT2D eigenvalue weighted by Gasteiger charge is 3.00. The lowest BCUT2D eigenvalue weighted by Gasteiger charge is -2.46. The predicted molar refractivity (Wildman–Crippen MR) is 95.8 cm³/mol. The molecule has 0 saturated heterocycles. The number of esters is 1. The zero-order chi connectivity index (χ0) is 39.8. The van der Waals surface area contributed by atoms with E-state index in [2.05, 4.69) is 11.3 Å². The molecule has 0 saturated carbocycles. The Bertz CT molecular complexity index is 1210. The Hall–Kier alpha value is -2.68. The molecule has 0 aliphatic rings. The SMILES string of the molecule is C=C(C)C(=O)OCCC(F)(F)C(F)(F)C(F)(F)C(F)(F)C(F)(F)C(F)(F)C(F)(F)C(F)(F)C(F)(F)C(F)(F)C(F)(F)C(F)(F)C(F)(F)F. The van der Waals surface area contributed by atoms with E-state index >= 15 is 0 Å². The summed E-state index contributed by atoms with van der Waals surface area (Å²) < 4.78 is 366. The van der Waals surface area contributed by atoms with Crippen molar-refractivity contribution in [1.29, 1.82) is 0 Å². The fourth-order valence-electron chi connectivity index (χ4n) is 2.73. The predicted octanol–water partition coefficient (Wildman–Crippen LogP) is 9.68. The number of hydrogen-bond donors (Lipinski definition) is 0. The molecule has 0 bridgehead atoms. The van der Waals surface area contributed by atoms with Gasteiger partial charge in [0, 0.05) is 5.57 Å². The van der Waals surface area contributed by atoms with Crippen molar-refractivity contribution in [2.75, 3.05) is 6.61 Å². The van der Waals surface area contributed by atoms with Crippen LogP contribution in [-0.2, 0) is 9.53 Å². The number of carbonyl (C=O) groups excluding carboxylic acids is 1. The zero-order valence-corrected chi connectivity index (χ0v) is 21.6. The maximum atomic E-state index is 13.8. The standard InChI is InChI=1S/C19H9F27O2/c1-5(2)6(47)48-4-3-7(20,21)8(22,23)9(24,25)10(26,27)11(28,29)12(30,31)13(32,33)14(34,35)15(36,37)16(38,39)17(40,41)18(42,43)19(44,45)46/h1,3-4H2,2H3. The molecule has 0 fully saturated rings. The van der Waals surface area contributed by atoms with E-state index in [1.54, 1.807) is 0 Å². The van der Waals surface area contributed by atoms with Crippen molar-refractivity contribution in [3.05, 3.63) is 12.2 Å². The molecule has 0 heterocycles. The Morgan fingerprint density at radius 2 is 0.625 bits per heavy atom. The maximum Gasteiger partial charge on any atom is 0.460 e. The minimum atomic E-state index is -9.81. The molecule has 0 spiro atoms. The molecule has 48 heavy (non-hydrogen) atoms. The number of alkyl halides is 27. The van der Waals surface area contributed by atoms with E-state index in [1.165, 1.54) is 0 Å². The highest BCUT2D eigenvalue weighted by Crippen LogP contribution is 2.68. The van der Waals surface area contributed by atoms with Crippen LogP contribution in [0.25, 0.3) is 0 Å². The average molecular weight is 782 g/mol. The Kier molecular flexibility index (Phi) is 11.0. The summed E-state index contributed by atoms with van der Waals surface area (Å²) >= 11 is 0. The molecular formula is C19H9F27O2. The minimum Gasteiger partial charge on any atom is -0.462 e. The average Bonchev–Trinajstić information content (AvgIpc) is 2.86. The summed E-state index contributed by atoms with van der Waals surface area (Å²) in [6.45, 7) is 1.12. The summed E-state index contributed by atoms with van der Waals surface area (Å²) in [6, 6.07) is 0. The van der Waals surface area contributed by atoms with Gasteiger partial charge in [0.1, 0.15) is 0 Å². The molecule has 2 nitrogen and oxygen atoms in total. The quantitative estimate of drug-likeness (QED) is 0.0941. The van der Waals surface area contributed by atoms with Gasteiger partial charge in [-0.15, -0.1) is 0 Å². The number of ether oxygens (including phenoxy) is 1. The summed E-state index contributed by atoms with van der Waals surface area (Å²) in [5.41, 5.74) is -0.789. The Balaban J connectivity index is 7.24. The van der Waals surface area contributed by atoms with Gasteiger partial charge in [0.15, 0.2) is 0 Å². The number of hydrogen-bond acceptors (Lipinski definition) is 2. The Labute approximate surface area is 244 Å². The van der Waals surface area contributed by atoms with Crippen LogP contribution < -0.4 is 0 Å². The molecule has 29 heteroatoms. The highest BCUT2D eigenvalue weighted by molar-refractivity contribution is 5.86.